The Balaban J connectivity index is 1.57. The van der Waals surface area contributed by atoms with Crippen LogP contribution >= 0.6 is 0 Å². The van der Waals surface area contributed by atoms with Crippen LogP contribution in [0.2, 0.25) is 0 Å². The van der Waals surface area contributed by atoms with Gasteiger partial charge in [0.15, 0.2) is 0 Å². The van der Waals surface area contributed by atoms with Crippen molar-refractivity contribution >= 4 is 17.8 Å². The molecule has 0 aliphatic heterocycles. The summed E-state index contributed by atoms with van der Waals surface area (Å²) >= 11 is 0. The number of hydrogen-bond acceptors (Lipinski definition) is 6. The average Bonchev–Trinajstić information content (AvgIpc) is 2.74. The van der Waals surface area contributed by atoms with E-state index in [2.05, 4.69) is 10.5 Å². The van der Waals surface area contributed by atoms with E-state index in [1.165, 1.54) is 12.1 Å². The van der Waals surface area contributed by atoms with Gasteiger partial charge in [0.05, 0.1) is 11.1 Å². The van der Waals surface area contributed by atoms with E-state index in [1.54, 1.807) is 24.3 Å². The van der Waals surface area contributed by atoms with Crippen LogP contribution in [0.3, 0.4) is 0 Å². The predicted molar refractivity (Wildman–Crippen MR) is 107 cm³/mol. The molecule has 0 aliphatic carbocycles. The topological polar surface area (TPSA) is 114 Å². The number of nitrogens with one attached hydrogen (secondary N) is 1. The summed E-state index contributed by atoms with van der Waals surface area (Å²) in [4.78, 5) is 22.4. The number of phenolic OH excluding ortho intramolecular Hbond substituents is 1. The molecule has 0 aliphatic rings. The third kappa shape index (κ3) is 5.39. The van der Waals surface area contributed by atoms with E-state index < -0.39 is 10.8 Å². The molecule has 0 heterocycles. The molecule has 0 unspecified atom stereocenters. The smallest absolute Gasteiger partial charge is 0.271 e. The normalized spacial score (nSPS) is 10.6. The number of ether oxygens (including phenoxy) is 1. The molecule has 3 aromatic carbocycles. The highest BCUT2D eigenvalue weighted by molar-refractivity contribution is 5.95. The summed E-state index contributed by atoms with van der Waals surface area (Å²) < 4.78 is 5.65. The SMILES string of the molecule is O=C(N/N=C/c1cc([N+](=O)[O-])ccc1O)c1ccc(COc2ccccc2)cc1. The number of hydrazone groups is 1. The zero-order valence-corrected chi connectivity index (χ0v) is 15.2. The second-order valence-corrected chi connectivity index (χ2v) is 6.00. The van der Waals surface area contributed by atoms with Crippen molar-refractivity contribution in [3.05, 3.63) is 99.6 Å². The van der Waals surface area contributed by atoms with Crippen molar-refractivity contribution in [2.75, 3.05) is 0 Å². The third-order valence-electron chi connectivity index (χ3n) is 3.96. The van der Waals surface area contributed by atoms with Crippen LogP contribution in [-0.2, 0) is 6.61 Å². The zero-order valence-electron chi connectivity index (χ0n) is 15.2. The molecule has 1 amide bonds. The molecule has 8 heteroatoms. The van der Waals surface area contributed by atoms with Gasteiger partial charge in [0.2, 0.25) is 0 Å². The lowest BCUT2D eigenvalue weighted by molar-refractivity contribution is -0.384. The van der Waals surface area contributed by atoms with Crippen LogP contribution in [0, 0.1) is 10.1 Å². The van der Waals surface area contributed by atoms with Crippen molar-refractivity contribution < 1.29 is 19.6 Å². The molecular formula is C21H17N3O5. The molecule has 0 saturated heterocycles. The predicted octanol–water partition coefficient (Wildman–Crippen LogP) is 3.64. The molecule has 29 heavy (non-hydrogen) atoms. The molecule has 0 aromatic heterocycles. The first kappa shape index (κ1) is 19.6. The number of hydrogen-bond donors (Lipinski definition) is 2. The van der Waals surface area contributed by atoms with Gasteiger partial charge in [-0.2, -0.15) is 5.10 Å². The number of non-ortho nitro benzene ring substituents is 1. The Labute approximate surface area is 166 Å². The minimum absolute atomic E-state index is 0.118. The summed E-state index contributed by atoms with van der Waals surface area (Å²) in [5.41, 5.74) is 3.53. The van der Waals surface area contributed by atoms with Crippen molar-refractivity contribution in [2.45, 2.75) is 6.61 Å². The first-order valence-corrected chi connectivity index (χ1v) is 8.60. The summed E-state index contributed by atoms with van der Waals surface area (Å²) in [6.07, 6.45) is 1.14. The number of para-hydroxylation sites is 1. The van der Waals surface area contributed by atoms with E-state index in [0.29, 0.717) is 12.2 Å². The molecule has 8 nitrogen and oxygen atoms in total. The first-order valence-electron chi connectivity index (χ1n) is 8.60. The van der Waals surface area contributed by atoms with Crippen molar-refractivity contribution in [2.24, 2.45) is 5.10 Å². The third-order valence-corrected chi connectivity index (χ3v) is 3.96. The lowest BCUT2D eigenvalue weighted by Gasteiger charge is -2.06. The minimum atomic E-state index is -0.585. The van der Waals surface area contributed by atoms with Crippen LogP contribution in [0.4, 0.5) is 5.69 Å². The van der Waals surface area contributed by atoms with Gasteiger partial charge in [0, 0.05) is 23.3 Å². The van der Waals surface area contributed by atoms with E-state index >= 15 is 0 Å². The maximum atomic E-state index is 12.2. The first-order chi connectivity index (χ1) is 14.0. The molecule has 0 bridgehead atoms. The fourth-order valence-corrected chi connectivity index (χ4v) is 2.42. The average molecular weight is 391 g/mol. The molecular weight excluding hydrogens is 374 g/mol. The molecule has 2 N–H and O–H groups in total. The second kappa shape index (κ2) is 9.14. The maximum Gasteiger partial charge on any atom is 0.271 e. The van der Waals surface area contributed by atoms with Crippen molar-refractivity contribution in [1.82, 2.24) is 5.43 Å². The summed E-state index contributed by atoms with van der Waals surface area (Å²) in [5, 5.41) is 24.3. The van der Waals surface area contributed by atoms with E-state index in [9.17, 15) is 20.0 Å². The van der Waals surface area contributed by atoms with Gasteiger partial charge < -0.3 is 9.84 Å². The fraction of sp³-hybridized carbons (Fsp3) is 0.0476. The Kier molecular flexibility index (Phi) is 6.16. The zero-order chi connectivity index (χ0) is 20.6. The Morgan fingerprint density at radius 2 is 1.83 bits per heavy atom. The van der Waals surface area contributed by atoms with Crippen LogP contribution in [0.25, 0.3) is 0 Å². The highest BCUT2D eigenvalue weighted by atomic mass is 16.6. The van der Waals surface area contributed by atoms with Gasteiger partial charge in [-0.05, 0) is 35.9 Å². The van der Waals surface area contributed by atoms with Gasteiger partial charge in [0.25, 0.3) is 11.6 Å². The van der Waals surface area contributed by atoms with E-state index in [0.717, 1.165) is 23.6 Å². The molecule has 0 radical (unpaired) electrons. The Morgan fingerprint density at radius 3 is 2.52 bits per heavy atom. The number of amides is 1. The van der Waals surface area contributed by atoms with Crippen LogP contribution < -0.4 is 10.2 Å². The van der Waals surface area contributed by atoms with Gasteiger partial charge in [-0.1, -0.05) is 30.3 Å². The number of carbonyl (C=O) groups is 1. The van der Waals surface area contributed by atoms with Gasteiger partial charge >= 0.3 is 0 Å². The second-order valence-electron chi connectivity index (χ2n) is 6.00. The van der Waals surface area contributed by atoms with Gasteiger partial charge in [-0.25, -0.2) is 5.43 Å². The highest BCUT2D eigenvalue weighted by Crippen LogP contribution is 2.21. The van der Waals surface area contributed by atoms with Crippen molar-refractivity contribution in [1.29, 1.82) is 0 Å². The number of nitro groups is 1. The van der Waals surface area contributed by atoms with Crippen LogP contribution in [0.15, 0.2) is 77.9 Å². The van der Waals surface area contributed by atoms with Crippen LogP contribution in [0.1, 0.15) is 21.5 Å². The number of aromatic hydroxyl groups is 1. The fourth-order valence-electron chi connectivity index (χ4n) is 2.42. The largest absolute Gasteiger partial charge is 0.507 e. The molecule has 0 spiro atoms. The standard InChI is InChI=1S/C21H17N3O5/c25-20-11-10-18(24(27)28)12-17(20)13-22-23-21(26)16-8-6-15(7-9-16)14-29-19-4-2-1-3-5-19/h1-13,25H,14H2,(H,23,26)/b22-13+. The summed E-state index contributed by atoms with van der Waals surface area (Å²) in [5.74, 6) is 0.117. The van der Waals surface area contributed by atoms with Gasteiger partial charge in [0.1, 0.15) is 18.1 Å². The van der Waals surface area contributed by atoms with Crippen LogP contribution in [0.5, 0.6) is 11.5 Å². The van der Waals surface area contributed by atoms with E-state index in [1.807, 2.05) is 30.3 Å². The number of carbonyl (C=O) groups excluding carboxylic acids is 1. The van der Waals surface area contributed by atoms with Crippen molar-refractivity contribution in [3.63, 3.8) is 0 Å². The minimum Gasteiger partial charge on any atom is -0.507 e. The number of nitro benzene ring substituents is 1. The number of phenols is 1. The molecule has 0 fully saturated rings. The van der Waals surface area contributed by atoms with Gasteiger partial charge in [-0.15, -0.1) is 0 Å². The Hall–Kier alpha value is -4.20. The highest BCUT2D eigenvalue weighted by Gasteiger charge is 2.09. The molecule has 0 saturated carbocycles. The summed E-state index contributed by atoms with van der Waals surface area (Å²) in [6.45, 7) is 0.371. The maximum absolute atomic E-state index is 12.2. The lowest BCUT2D eigenvalue weighted by atomic mass is 10.1. The van der Waals surface area contributed by atoms with E-state index in [-0.39, 0.29) is 17.0 Å². The summed E-state index contributed by atoms with van der Waals surface area (Å²) in [7, 11) is 0. The molecule has 0 atom stereocenters. The number of rotatable bonds is 7. The van der Waals surface area contributed by atoms with Gasteiger partial charge in [-0.3, -0.25) is 14.9 Å². The Bertz CT molecular complexity index is 1030. The molecule has 3 aromatic rings. The van der Waals surface area contributed by atoms with E-state index in [4.69, 9.17) is 4.74 Å². The van der Waals surface area contributed by atoms with Crippen molar-refractivity contribution in [3.8, 4) is 11.5 Å². The molecule has 146 valence electrons. The quantitative estimate of drug-likeness (QED) is 0.363. The summed E-state index contributed by atoms with van der Waals surface area (Å²) in [6, 6.07) is 19.7. The Morgan fingerprint density at radius 1 is 1.10 bits per heavy atom. The number of nitrogens with zero attached hydrogens (tertiary/aromatic N) is 2. The molecule has 3 rings (SSSR count). The lowest BCUT2D eigenvalue weighted by Crippen LogP contribution is -2.17. The van der Waals surface area contributed by atoms with Crippen LogP contribution in [-0.4, -0.2) is 22.2 Å². The number of benzene rings is 3. The monoisotopic (exact) mass is 391 g/mol.